The minimum Gasteiger partial charge on any atom is -0.398 e. The molecule has 0 aliphatic carbocycles. The number of nitrogens with one attached hydrogen (secondary N) is 1. The van der Waals surface area contributed by atoms with E-state index in [2.05, 4.69) is 30.6 Å². The van der Waals surface area contributed by atoms with E-state index in [1.807, 2.05) is 0 Å². The summed E-state index contributed by atoms with van der Waals surface area (Å²) in [4.78, 5) is 7.42. The van der Waals surface area contributed by atoms with E-state index in [4.69, 9.17) is 5.73 Å². The molecule has 0 radical (unpaired) electrons. The number of nitrogens with zero attached hydrogens (tertiary/aromatic N) is 2. The highest BCUT2D eigenvalue weighted by molar-refractivity contribution is 9.10. The van der Waals surface area contributed by atoms with E-state index < -0.39 is 15.8 Å². The van der Waals surface area contributed by atoms with Gasteiger partial charge in [-0.25, -0.2) is 27.5 Å². The normalized spacial score (nSPS) is 11.5. The van der Waals surface area contributed by atoms with E-state index in [0.29, 0.717) is 5.69 Å². The first-order valence-electron chi connectivity index (χ1n) is 5.39. The Hall–Kier alpha value is -1.58. The molecule has 9 heteroatoms. The molecule has 2 aromatic rings. The first-order valence-corrected chi connectivity index (χ1v) is 7.67. The number of anilines is 1. The molecule has 0 amide bonds. The maximum atomic E-state index is 13.2. The predicted molar refractivity (Wildman–Crippen MR) is 74.6 cm³/mol. The number of hydrogen-bond donors (Lipinski definition) is 2. The topological polar surface area (TPSA) is 98.0 Å². The summed E-state index contributed by atoms with van der Waals surface area (Å²) in [6, 6.07) is 3.64. The van der Waals surface area contributed by atoms with Crippen LogP contribution in [0.15, 0.2) is 40.1 Å². The summed E-state index contributed by atoms with van der Waals surface area (Å²) in [7, 11) is -3.86. The number of nitrogen functional groups attached to an aromatic ring is 1. The molecule has 0 saturated carbocycles. The number of rotatable bonds is 4. The molecular formula is C11H10BrFN4O2S. The molecule has 0 unspecified atom stereocenters. The second-order valence-electron chi connectivity index (χ2n) is 3.83. The number of sulfonamides is 1. The average Bonchev–Trinajstić information content (AvgIpc) is 2.42. The summed E-state index contributed by atoms with van der Waals surface area (Å²) in [5.41, 5.74) is 5.88. The lowest BCUT2D eigenvalue weighted by Gasteiger charge is -2.09. The smallest absolute Gasteiger partial charge is 0.243 e. The molecule has 0 saturated heterocycles. The zero-order valence-corrected chi connectivity index (χ0v) is 12.4. The Bertz CT molecular complexity index is 725. The van der Waals surface area contributed by atoms with Gasteiger partial charge in [-0.1, -0.05) is 0 Å². The fraction of sp³-hybridized carbons (Fsp3) is 0.0909. The van der Waals surface area contributed by atoms with Crippen molar-refractivity contribution in [2.75, 3.05) is 5.73 Å². The molecule has 0 aliphatic heterocycles. The lowest BCUT2D eigenvalue weighted by atomic mass is 10.3. The van der Waals surface area contributed by atoms with Gasteiger partial charge in [-0.05, 0) is 34.1 Å². The van der Waals surface area contributed by atoms with Crippen LogP contribution in [0.3, 0.4) is 0 Å². The summed E-state index contributed by atoms with van der Waals surface area (Å²) < 4.78 is 39.8. The van der Waals surface area contributed by atoms with Gasteiger partial charge in [-0.15, -0.1) is 0 Å². The van der Waals surface area contributed by atoms with Gasteiger partial charge in [0.25, 0.3) is 0 Å². The van der Waals surface area contributed by atoms with Gasteiger partial charge in [0.2, 0.25) is 10.0 Å². The number of halogens is 2. The molecule has 0 fully saturated rings. The lowest BCUT2D eigenvalue weighted by Crippen LogP contribution is -2.24. The fourth-order valence-electron chi connectivity index (χ4n) is 1.45. The quantitative estimate of drug-likeness (QED) is 0.803. The molecular weight excluding hydrogens is 351 g/mol. The van der Waals surface area contributed by atoms with Crippen molar-refractivity contribution < 1.29 is 12.8 Å². The molecule has 20 heavy (non-hydrogen) atoms. The maximum absolute atomic E-state index is 13.2. The summed E-state index contributed by atoms with van der Waals surface area (Å²) in [5.74, 6) is -0.628. The van der Waals surface area contributed by atoms with Crippen molar-refractivity contribution in [3.63, 3.8) is 0 Å². The first-order chi connectivity index (χ1) is 9.40. The monoisotopic (exact) mass is 360 g/mol. The molecule has 1 heterocycles. The molecule has 0 bridgehead atoms. The van der Waals surface area contributed by atoms with Crippen LogP contribution in [0.25, 0.3) is 0 Å². The van der Waals surface area contributed by atoms with E-state index in [1.54, 1.807) is 6.07 Å². The van der Waals surface area contributed by atoms with Crippen LogP contribution in [0.4, 0.5) is 10.1 Å². The Morgan fingerprint density at radius 3 is 2.80 bits per heavy atom. The molecule has 106 valence electrons. The van der Waals surface area contributed by atoms with Crippen molar-refractivity contribution in [2.45, 2.75) is 11.4 Å². The average molecular weight is 361 g/mol. The summed E-state index contributed by atoms with van der Waals surface area (Å²) >= 11 is 2.93. The number of benzene rings is 1. The van der Waals surface area contributed by atoms with Crippen molar-refractivity contribution >= 4 is 31.6 Å². The largest absolute Gasteiger partial charge is 0.398 e. The Labute approximate surface area is 123 Å². The third kappa shape index (κ3) is 3.30. The fourth-order valence-corrected chi connectivity index (χ4v) is 3.08. The predicted octanol–water partition coefficient (Wildman–Crippen LogP) is 1.44. The zero-order valence-electron chi connectivity index (χ0n) is 10.0. The Morgan fingerprint density at radius 1 is 1.40 bits per heavy atom. The molecule has 6 nitrogen and oxygen atoms in total. The highest BCUT2D eigenvalue weighted by atomic mass is 79.9. The van der Waals surface area contributed by atoms with Gasteiger partial charge in [-0.2, -0.15) is 0 Å². The zero-order chi connectivity index (χ0) is 14.8. The minimum absolute atomic E-state index is 0.0146. The second kappa shape index (κ2) is 5.81. The third-order valence-electron chi connectivity index (χ3n) is 2.43. The van der Waals surface area contributed by atoms with Gasteiger partial charge >= 0.3 is 0 Å². The van der Waals surface area contributed by atoms with Crippen molar-refractivity contribution in [1.29, 1.82) is 0 Å². The lowest BCUT2D eigenvalue weighted by molar-refractivity contribution is 0.579. The SMILES string of the molecule is Nc1cc(F)c(Br)cc1S(=O)(=O)NCc1ccncn1. The van der Waals surface area contributed by atoms with Crippen LogP contribution in [0, 0.1) is 5.82 Å². The van der Waals surface area contributed by atoms with Gasteiger partial charge in [0, 0.05) is 6.20 Å². The standard InChI is InChI=1S/C11H10BrFN4O2S/c12-8-3-11(10(14)4-9(8)13)20(18,19)17-5-7-1-2-15-6-16-7/h1-4,6,17H,5,14H2. The van der Waals surface area contributed by atoms with E-state index >= 15 is 0 Å². The van der Waals surface area contributed by atoms with Crippen molar-refractivity contribution in [2.24, 2.45) is 0 Å². The summed E-state index contributed by atoms with van der Waals surface area (Å²) in [5, 5.41) is 0. The van der Waals surface area contributed by atoms with Gasteiger partial charge in [-0.3, -0.25) is 0 Å². The van der Waals surface area contributed by atoms with Crippen LogP contribution < -0.4 is 10.5 Å². The molecule has 2 rings (SSSR count). The van der Waals surface area contributed by atoms with Crippen molar-refractivity contribution in [1.82, 2.24) is 14.7 Å². The van der Waals surface area contributed by atoms with Crippen molar-refractivity contribution in [3.8, 4) is 0 Å². The molecule has 0 aliphatic rings. The first kappa shape index (κ1) is 14.8. The van der Waals surface area contributed by atoms with Crippen LogP contribution in [-0.4, -0.2) is 18.4 Å². The summed E-state index contributed by atoms with van der Waals surface area (Å²) in [6.07, 6.45) is 2.81. The molecule has 3 N–H and O–H groups in total. The Kier molecular flexibility index (Phi) is 4.31. The van der Waals surface area contributed by atoms with Gasteiger partial charge < -0.3 is 5.73 Å². The van der Waals surface area contributed by atoms with Crippen LogP contribution in [0.1, 0.15) is 5.69 Å². The van der Waals surface area contributed by atoms with E-state index in [0.717, 1.165) is 12.1 Å². The molecule has 0 atom stereocenters. The number of nitrogens with two attached hydrogens (primary N) is 1. The van der Waals surface area contributed by atoms with Crippen molar-refractivity contribution in [3.05, 3.63) is 46.7 Å². The number of aromatic nitrogens is 2. The highest BCUT2D eigenvalue weighted by Crippen LogP contribution is 2.26. The van der Waals surface area contributed by atoms with Crippen LogP contribution in [0.5, 0.6) is 0 Å². The van der Waals surface area contributed by atoms with Gasteiger partial charge in [0.05, 0.1) is 22.4 Å². The second-order valence-corrected chi connectivity index (χ2v) is 6.42. The Morgan fingerprint density at radius 2 is 2.15 bits per heavy atom. The molecule has 0 spiro atoms. The van der Waals surface area contributed by atoms with Crippen LogP contribution >= 0.6 is 15.9 Å². The highest BCUT2D eigenvalue weighted by Gasteiger charge is 2.19. The van der Waals surface area contributed by atoms with E-state index in [9.17, 15) is 12.8 Å². The Balaban J connectivity index is 2.25. The van der Waals surface area contributed by atoms with Gasteiger partial charge in [0.15, 0.2) is 0 Å². The molecule has 1 aromatic heterocycles. The van der Waals surface area contributed by atoms with E-state index in [-0.39, 0.29) is 21.6 Å². The molecule has 1 aromatic carbocycles. The minimum atomic E-state index is -3.86. The third-order valence-corrected chi connectivity index (χ3v) is 4.49. The summed E-state index contributed by atoms with van der Waals surface area (Å²) in [6.45, 7) is -0.0146. The van der Waals surface area contributed by atoms with Crippen LogP contribution in [-0.2, 0) is 16.6 Å². The maximum Gasteiger partial charge on any atom is 0.243 e. The van der Waals surface area contributed by atoms with Crippen LogP contribution in [0.2, 0.25) is 0 Å². The number of hydrogen-bond acceptors (Lipinski definition) is 5. The van der Waals surface area contributed by atoms with E-state index in [1.165, 1.54) is 12.5 Å². The van der Waals surface area contributed by atoms with Gasteiger partial charge in [0.1, 0.15) is 17.0 Å².